The van der Waals surface area contributed by atoms with Crippen LogP contribution in [0.5, 0.6) is 0 Å². The van der Waals surface area contributed by atoms with Gasteiger partial charge in [0.15, 0.2) is 0 Å². The van der Waals surface area contributed by atoms with Crippen LogP contribution in [0.25, 0.3) is 66.0 Å². The Morgan fingerprint density at radius 2 is 1.13 bits per heavy atom. The number of aromatic nitrogens is 8. The Morgan fingerprint density at radius 3 is 1.94 bits per heavy atom. The lowest BCUT2D eigenvalue weighted by Crippen LogP contribution is -1.95. The van der Waals surface area contributed by atoms with Gasteiger partial charge in [0.1, 0.15) is 33.1 Å². The molecule has 4 aromatic heterocycles. The summed E-state index contributed by atoms with van der Waals surface area (Å²) in [5, 5.41) is 2.03. The highest BCUT2D eigenvalue weighted by molar-refractivity contribution is 7.00. The summed E-state index contributed by atoms with van der Waals surface area (Å²) < 4.78 is 27.6. The minimum Gasteiger partial charge on any atom is -0.253 e. The van der Waals surface area contributed by atoms with Crippen molar-refractivity contribution < 1.29 is 0 Å². The number of hydrogen-bond acceptors (Lipinski definition) is 11. The molecule has 148 valence electrons. The second-order valence-corrected chi connectivity index (χ2v) is 8.94. The predicted octanol–water partition coefficient (Wildman–Crippen LogP) is 5.08. The lowest BCUT2D eigenvalue weighted by molar-refractivity contribution is 1.28. The molecule has 0 aliphatic carbocycles. The monoisotopic (exact) mass is 458 g/mol. The van der Waals surface area contributed by atoms with Crippen molar-refractivity contribution in [2.75, 3.05) is 0 Å². The number of fused-ring (bicyclic) bond motifs is 7. The third kappa shape index (κ3) is 2.22. The summed E-state index contributed by atoms with van der Waals surface area (Å²) in [7, 11) is 0. The molecule has 0 spiro atoms. The van der Waals surface area contributed by atoms with E-state index in [1.807, 2.05) is 6.92 Å². The topological polar surface area (TPSA) is 103 Å². The van der Waals surface area contributed by atoms with Gasteiger partial charge in [-0.25, -0.2) is 0 Å². The normalized spacial score (nSPS) is 12.2. The Kier molecular flexibility index (Phi) is 3.44. The molecule has 0 saturated heterocycles. The Morgan fingerprint density at radius 1 is 0.548 bits per heavy atom. The highest BCUT2D eigenvalue weighted by Crippen LogP contribution is 2.42. The molecule has 0 atom stereocenters. The minimum absolute atomic E-state index is 0.786. The molecule has 31 heavy (non-hydrogen) atoms. The first-order valence-corrected chi connectivity index (χ1v) is 11.6. The molecule has 0 N–H and O–H groups in total. The summed E-state index contributed by atoms with van der Waals surface area (Å²) in [5.41, 5.74) is 10.6. The van der Waals surface area contributed by atoms with E-state index in [0.717, 1.165) is 77.2 Å². The molecule has 0 radical (unpaired) electrons. The molecular formula is C20H10N8S3. The number of hydrogen-bond donors (Lipinski definition) is 0. The fourth-order valence-electron chi connectivity index (χ4n) is 4.27. The standard InChI is InChI=1S/C20H10N8S3/c1-7-5-9-10(16-13(7)23-29-25-16)6-11(18-17(9)26-31-27-18)12-19-14(21-3-4-22-19)8(2)15-20(12)28-30-24-15/h3-6H,1-2H3. The third-order valence-electron chi connectivity index (χ3n) is 5.70. The maximum Gasteiger partial charge on any atom is 0.115 e. The van der Waals surface area contributed by atoms with Gasteiger partial charge in [0.05, 0.1) is 46.2 Å². The molecule has 11 heteroatoms. The van der Waals surface area contributed by atoms with E-state index in [0.29, 0.717) is 0 Å². The maximum absolute atomic E-state index is 4.69. The van der Waals surface area contributed by atoms with E-state index in [2.05, 4.69) is 55.3 Å². The SMILES string of the molecule is Cc1c2nccnc2c(-c2cc3c(cc(C)c4nsnc43)c3nsnc23)c2nsnc12. The van der Waals surface area contributed by atoms with Crippen LogP contribution in [0, 0.1) is 13.8 Å². The summed E-state index contributed by atoms with van der Waals surface area (Å²) in [6, 6.07) is 4.25. The Labute approximate surface area is 186 Å². The van der Waals surface area contributed by atoms with Gasteiger partial charge in [-0.05, 0) is 31.5 Å². The van der Waals surface area contributed by atoms with Crippen molar-refractivity contribution in [3.8, 4) is 11.1 Å². The van der Waals surface area contributed by atoms with E-state index in [-0.39, 0.29) is 0 Å². The smallest absolute Gasteiger partial charge is 0.115 e. The van der Waals surface area contributed by atoms with Crippen LogP contribution in [0.15, 0.2) is 24.5 Å². The molecule has 0 amide bonds. The first-order valence-electron chi connectivity index (χ1n) is 9.39. The molecule has 4 heterocycles. The van der Waals surface area contributed by atoms with Crippen LogP contribution in [0.4, 0.5) is 0 Å². The highest BCUT2D eigenvalue weighted by atomic mass is 32.1. The van der Waals surface area contributed by atoms with E-state index in [1.165, 1.54) is 35.2 Å². The Bertz CT molecular complexity index is 1830. The van der Waals surface area contributed by atoms with Crippen LogP contribution in [0.1, 0.15) is 11.1 Å². The number of benzene rings is 3. The molecule has 8 nitrogen and oxygen atoms in total. The molecular weight excluding hydrogens is 448 g/mol. The van der Waals surface area contributed by atoms with Gasteiger partial charge in [-0.15, -0.1) is 0 Å². The van der Waals surface area contributed by atoms with E-state index in [1.54, 1.807) is 12.4 Å². The highest BCUT2D eigenvalue weighted by Gasteiger charge is 2.23. The zero-order chi connectivity index (χ0) is 20.7. The first kappa shape index (κ1) is 17.4. The lowest BCUT2D eigenvalue weighted by atomic mass is 9.94. The van der Waals surface area contributed by atoms with Crippen molar-refractivity contribution in [3.05, 3.63) is 35.7 Å². The zero-order valence-electron chi connectivity index (χ0n) is 16.1. The average molecular weight is 459 g/mol. The molecule has 0 unspecified atom stereocenters. The van der Waals surface area contributed by atoms with Crippen molar-refractivity contribution in [2.24, 2.45) is 0 Å². The second-order valence-electron chi connectivity index (χ2n) is 7.35. The largest absolute Gasteiger partial charge is 0.253 e. The third-order valence-corrected chi connectivity index (χ3v) is 7.28. The van der Waals surface area contributed by atoms with E-state index in [4.69, 9.17) is 0 Å². The Hall–Kier alpha value is -3.28. The molecule has 7 rings (SSSR count). The van der Waals surface area contributed by atoms with E-state index in [9.17, 15) is 0 Å². The van der Waals surface area contributed by atoms with Crippen LogP contribution >= 0.6 is 35.2 Å². The van der Waals surface area contributed by atoms with Gasteiger partial charge in [0.25, 0.3) is 0 Å². The molecule has 0 aliphatic heterocycles. The minimum atomic E-state index is 0.786. The Balaban J connectivity index is 1.76. The van der Waals surface area contributed by atoms with E-state index < -0.39 is 0 Å². The van der Waals surface area contributed by atoms with Crippen molar-refractivity contribution in [2.45, 2.75) is 13.8 Å². The van der Waals surface area contributed by atoms with Crippen LogP contribution in [-0.2, 0) is 0 Å². The number of nitrogens with zero attached hydrogens (tertiary/aromatic N) is 8. The predicted molar refractivity (Wildman–Crippen MR) is 125 cm³/mol. The van der Waals surface area contributed by atoms with Crippen molar-refractivity contribution >= 4 is 90.1 Å². The summed E-state index contributed by atoms with van der Waals surface area (Å²) >= 11 is 3.62. The fraction of sp³-hybridized carbons (Fsp3) is 0.100. The summed E-state index contributed by atoms with van der Waals surface area (Å²) in [6.07, 6.45) is 3.42. The fourth-order valence-corrected chi connectivity index (χ4v) is 6.07. The average Bonchev–Trinajstić information content (AvgIpc) is 3.54. The zero-order valence-corrected chi connectivity index (χ0v) is 18.6. The number of rotatable bonds is 1. The summed E-state index contributed by atoms with van der Waals surface area (Å²) in [5.74, 6) is 0. The van der Waals surface area contributed by atoms with E-state index >= 15 is 0 Å². The van der Waals surface area contributed by atoms with Gasteiger partial charge in [0, 0.05) is 39.9 Å². The number of aryl methyl sites for hydroxylation is 2. The van der Waals surface area contributed by atoms with Crippen molar-refractivity contribution in [3.63, 3.8) is 0 Å². The van der Waals surface area contributed by atoms with Gasteiger partial charge < -0.3 is 0 Å². The van der Waals surface area contributed by atoms with Gasteiger partial charge >= 0.3 is 0 Å². The molecule has 0 bridgehead atoms. The van der Waals surface area contributed by atoms with Gasteiger partial charge in [-0.3, -0.25) is 9.97 Å². The quantitative estimate of drug-likeness (QED) is 0.335. The molecule has 7 aromatic rings. The van der Waals surface area contributed by atoms with Crippen molar-refractivity contribution in [1.82, 2.24) is 36.2 Å². The van der Waals surface area contributed by atoms with Crippen LogP contribution in [0.3, 0.4) is 0 Å². The summed E-state index contributed by atoms with van der Waals surface area (Å²) in [4.78, 5) is 9.29. The van der Waals surface area contributed by atoms with Gasteiger partial charge in [-0.1, -0.05) is 0 Å². The molecule has 0 fully saturated rings. The van der Waals surface area contributed by atoms with Crippen LogP contribution in [0.2, 0.25) is 0 Å². The van der Waals surface area contributed by atoms with Gasteiger partial charge in [0.2, 0.25) is 0 Å². The van der Waals surface area contributed by atoms with Crippen molar-refractivity contribution in [1.29, 1.82) is 0 Å². The van der Waals surface area contributed by atoms with Crippen LogP contribution in [-0.4, -0.2) is 36.2 Å². The molecule has 0 saturated carbocycles. The van der Waals surface area contributed by atoms with Gasteiger partial charge in [-0.2, -0.15) is 26.2 Å². The maximum atomic E-state index is 4.69. The lowest BCUT2D eigenvalue weighted by Gasteiger charge is -2.11. The van der Waals surface area contributed by atoms with Crippen LogP contribution < -0.4 is 0 Å². The first-order chi connectivity index (χ1) is 15.2. The second kappa shape index (κ2) is 6.13. The molecule has 0 aliphatic rings. The molecule has 3 aromatic carbocycles. The summed E-state index contributed by atoms with van der Waals surface area (Å²) in [6.45, 7) is 4.06.